The van der Waals surface area contributed by atoms with Crippen molar-refractivity contribution in [1.29, 1.82) is 0 Å². The fourth-order valence-electron chi connectivity index (χ4n) is 3.46. The molecule has 180 valence electrons. The third-order valence-electron chi connectivity index (χ3n) is 5.15. The smallest absolute Gasteiger partial charge is 0.203 e. The van der Waals surface area contributed by atoms with Crippen molar-refractivity contribution in [3.05, 3.63) is 75.7 Å². The molecule has 0 atom stereocenters. The van der Waals surface area contributed by atoms with Crippen LogP contribution < -0.4 is 14.2 Å². The summed E-state index contributed by atoms with van der Waals surface area (Å²) < 4.78 is 19.2. The molecule has 35 heavy (non-hydrogen) atoms. The van der Waals surface area contributed by atoms with E-state index in [0.717, 1.165) is 4.47 Å². The predicted molar refractivity (Wildman–Crippen MR) is 141 cm³/mol. The van der Waals surface area contributed by atoms with E-state index in [2.05, 4.69) is 26.1 Å². The number of Topliss-reactive ketones (excluding diaryl/α,β-unsaturated/α-hetero) is 1. The highest BCUT2D eigenvalue weighted by atomic mass is 79.9. The first-order valence-corrected chi connectivity index (χ1v) is 12.5. The lowest BCUT2D eigenvalue weighted by Crippen LogP contribution is -2.05. The van der Waals surface area contributed by atoms with Crippen molar-refractivity contribution in [1.82, 2.24) is 14.8 Å². The van der Waals surface area contributed by atoms with E-state index in [9.17, 15) is 4.79 Å². The molecule has 0 spiro atoms. The number of hydrogen-bond donors (Lipinski definition) is 0. The van der Waals surface area contributed by atoms with Crippen LogP contribution >= 0.6 is 39.3 Å². The molecule has 1 heterocycles. The van der Waals surface area contributed by atoms with E-state index in [1.54, 1.807) is 51.7 Å². The lowest BCUT2D eigenvalue weighted by molar-refractivity contribution is 0.102. The van der Waals surface area contributed by atoms with Crippen molar-refractivity contribution in [3.63, 3.8) is 0 Å². The summed E-state index contributed by atoms with van der Waals surface area (Å²) in [5, 5.41) is 9.86. The Bertz CT molecular complexity index is 1340. The van der Waals surface area contributed by atoms with Gasteiger partial charge >= 0.3 is 0 Å². The molecule has 7 nitrogen and oxygen atoms in total. The van der Waals surface area contributed by atoms with E-state index in [-0.39, 0.29) is 11.5 Å². The number of benzene rings is 3. The van der Waals surface area contributed by atoms with Crippen molar-refractivity contribution >= 4 is 45.1 Å². The van der Waals surface area contributed by atoms with Gasteiger partial charge in [-0.3, -0.25) is 9.36 Å². The Labute approximate surface area is 220 Å². The summed E-state index contributed by atoms with van der Waals surface area (Å²) in [7, 11) is 4.65. The first-order valence-electron chi connectivity index (χ1n) is 10.4. The molecular formula is C25H21BrClN3O4S. The number of rotatable bonds is 9. The Hall–Kier alpha value is -3.01. The maximum Gasteiger partial charge on any atom is 0.203 e. The van der Waals surface area contributed by atoms with E-state index >= 15 is 0 Å². The van der Waals surface area contributed by atoms with Gasteiger partial charge in [-0.25, -0.2) is 0 Å². The fraction of sp³-hybridized carbons (Fsp3) is 0.160. The summed E-state index contributed by atoms with van der Waals surface area (Å²) in [4.78, 5) is 12.8. The summed E-state index contributed by atoms with van der Waals surface area (Å²) in [6, 6.07) is 18.2. The molecule has 1 aromatic heterocycles. The van der Waals surface area contributed by atoms with Gasteiger partial charge in [0.05, 0.1) is 37.8 Å². The standard InChI is InChI=1S/C25H21BrClN3O4S/c1-32-21-12-16(13-22(33-2)23(21)34-3)24-28-29-25(30(24)19-7-5-4-6-18(19)27)35-14-20(31)15-8-10-17(26)11-9-15/h4-13H,14H2,1-3H3. The van der Waals surface area contributed by atoms with Crippen LogP contribution in [-0.2, 0) is 0 Å². The number of thioether (sulfide) groups is 1. The third kappa shape index (κ3) is 5.32. The normalized spacial score (nSPS) is 10.8. The molecule has 0 unspecified atom stereocenters. The Morgan fingerprint density at radius 1 is 0.971 bits per heavy atom. The van der Waals surface area contributed by atoms with Crippen LogP contribution in [0.25, 0.3) is 17.1 Å². The number of ketones is 1. The van der Waals surface area contributed by atoms with Gasteiger partial charge in [0, 0.05) is 15.6 Å². The molecule has 0 aliphatic heterocycles. The molecule has 0 fully saturated rings. The SMILES string of the molecule is COc1cc(-c2nnc(SCC(=O)c3ccc(Br)cc3)n2-c2ccccc2Cl)cc(OC)c1OC. The molecule has 0 saturated carbocycles. The summed E-state index contributed by atoms with van der Waals surface area (Å²) >= 11 is 11.2. The van der Waals surface area contributed by atoms with Gasteiger partial charge in [0.25, 0.3) is 0 Å². The average Bonchev–Trinajstić information content (AvgIpc) is 3.30. The minimum atomic E-state index is -0.0226. The van der Waals surface area contributed by atoms with Crippen LogP contribution in [0.2, 0.25) is 5.02 Å². The zero-order valence-electron chi connectivity index (χ0n) is 19.1. The zero-order valence-corrected chi connectivity index (χ0v) is 22.3. The first-order chi connectivity index (χ1) is 17.0. The highest BCUT2D eigenvalue weighted by Gasteiger charge is 2.22. The molecule has 0 radical (unpaired) electrons. The summed E-state index contributed by atoms with van der Waals surface area (Å²) in [6.45, 7) is 0. The number of nitrogens with zero attached hydrogens (tertiary/aromatic N) is 3. The summed E-state index contributed by atoms with van der Waals surface area (Å²) in [5.74, 6) is 2.10. The van der Waals surface area contributed by atoms with Gasteiger partial charge in [0.2, 0.25) is 5.75 Å². The summed E-state index contributed by atoms with van der Waals surface area (Å²) in [6.07, 6.45) is 0. The maximum atomic E-state index is 12.8. The molecule has 10 heteroatoms. The zero-order chi connectivity index (χ0) is 24.9. The Kier molecular flexibility index (Phi) is 8.00. The van der Waals surface area contributed by atoms with Gasteiger partial charge in [-0.05, 0) is 36.4 Å². The number of para-hydroxylation sites is 1. The van der Waals surface area contributed by atoms with E-state index in [4.69, 9.17) is 25.8 Å². The highest BCUT2D eigenvalue weighted by Crippen LogP contribution is 2.42. The summed E-state index contributed by atoms with van der Waals surface area (Å²) in [5.41, 5.74) is 1.98. The Morgan fingerprint density at radius 3 is 2.23 bits per heavy atom. The van der Waals surface area contributed by atoms with Gasteiger partial charge < -0.3 is 14.2 Å². The van der Waals surface area contributed by atoms with E-state index < -0.39 is 0 Å². The van der Waals surface area contributed by atoms with Crippen LogP contribution in [0.15, 0.2) is 70.3 Å². The van der Waals surface area contributed by atoms with Crippen molar-refractivity contribution in [3.8, 4) is 34.3 Å². The van der Waals surface area contributed by atoms with Crippen LogP contribution in [0, 0.1) is 0 Å². The number of carbonyl (C=O) groups excluding carboxylic acids is 1. The number of hydrogen-bond acceptors (Lipinski definition) is 7. The molecule has 4 aromatic rings. The molecule has 0 amide bonds. The minimum absolute atomic E-state index is 0.0226. The first kappa shape index (κ1) is 25.1. The highest BCUT2D eigenvalue weighted by molar-refractivity contribution is 9.10. The number of ether oxygens (including phenoxy) is 3. The minimum Gasteiger partial charge on any atom is -0.493 e. The average molecular weight is 575 g/mol. The van der Waals surface area contributed by atoms with Crippen molar-refractivity contribution < 1.29 is 19.0 Å². The predicted octanol–water partition coefficient (Wildman–Crippen LogP) is 6.35. The monoisotopic (exact) mass is 573 g/mol. The quantitative estimate of drug-likeness (QED) is 0.170. The van der Waals surface area contributed by atoms with Crippen molar-refractivity contribution in [2.45, 2.75) is 5.16 Å². The van der Waals surface area contributed by atoms with Crippen LogP contribution in [0.4, 0.5) is 0 Å². The van der Waals surface area contributed by atoms with Gasteiger partial charge in [-0.1, -0.05) is 63.6 Å². The lowest BCUT2D eigenvalue weighted by Gasteiger charge is -2.15. The van der Waals surface area contributed by atoms with Crippen LogP contribution in [-0.4, -0.2) is 47.6 Å². The maximum absolute atomic E-state index is 12.8. The molecule has 0 aliphatic rings. The Morgan fingerprint density at radius 2 is 1.63 bits per heavy atom. The molecular weight excluding hydrogens is 554 g/mol. The van der Waals surface area contributed by atoms with Gasteiger partial charge in [0.15, 0.2) is 28.3 Å². The lowest BCUT2D eigenvalue weighted by atomic mass is 10.1. The van der Waals surface area contributed by atoms with Crippen LogP contribution in [0.1, 0.15) is 10.4 Å². The molecule has 0 N–H and O–H groups in total. The van der Waals surface area contributed by atoms with Gasteiger partial charge in [-0.2, -0.15) is 0 Å². The van der Waals surface area contributed by atoms with Crippen molar-refractivity contribution in [2.24, 2.45) is 0 Å². The largest absolute Gasteiger partial charge is 0.493 e. The van der Waals surface area contributed by atoms with Gasteiger partial charge in [0.1, 0.15) is 0 Å². The molecule has 0 aliphatic carbocycles. The second-order valence-corrected chi connectivity index (χ2v) is 9.49. The molecule has 0 saturated heterocycles. The second-order valence-electron chi connectivity index (χ2n) is 7.23. The molecule has 0 bridgehead atoms. The number of methoxy groups -OCH3 is 3. The molecule has 3 aromatic carbocycles. The fourth-order valence-corrected chi connectivity index (χ4v) is 4.78. The number of aromatic nitrogens is 3. The third-order valence-corrected chi connectivity index (χ3v) is 6.93. The van der Waals surface area contributed by atoms with Gasteiger partial charge in [-0.15, -0.1) is 10.2 Å². The number of carbonyl (C=O) groups is 1. The second kappa shape index (κ2) is 11.2. The van der Waals surface area contributed by atoms with E-state index in [1.165, 1.54) is 11.8 Å². The molecule has 4 rings (SSSR count). The van der Waals surface area contributed by atoms with Crippen LogP contribution in [0.5, 0.6) is 17.2 Å². The topological polar surface area (TPSA) is 75.5 Å². The van der Waals surface area contributed by atoms with E-state index in [1.807, 2.05) is 34.9 Å². The Balaban J connectivity index is 1.78. The van der Waals surface area contributed by atoms with E-state index in [0.29, 0.717) is 50.1 Å². The number of halogens is 2. The van der Waals surface area contributed by atoms with Crippen LogP contribution in [0.3, 0.4) is 0 Å². The van der Waals surface area contributed by atoms with Crippen molar-refractivity contribution in [2.75, 3.05) is 27.1 Å².